The van der Waals surface area contributed by atoms with Gasteiger partial charge in [0, 0.05) is 18.5 Å². The Kier molecular flexibility index (Phi) is 3.48. The summed E-state index contributed by atoms with van der Waals surface area (Å²) in [7, 11) is 0. The molecule has 1 heterocycles. The van der Waals surface area contributed by atoms with Crippen LogP contribution in [0.4, 0.5) is 0 Å². The van der Waals surface area contributed by atoms with Crippen LogP contribution in [-0.4, -0.2) is 16.7 Å². The number of nitrogens with two attached hydrogens (primary N) is 1. The number of benzene rings is 1. The average Bonchev–Trinajstić information content (AvgIpc) is 2.77. The zero-order chi connectivity index (χ0) is 13.2. The molecule has 4 nitrogen and oxygen atoms in total. The Balaban J connectivity index is 2.43. The highest BCUT2D eigenvalue weighted by Crippen LogP contribution is 2.31. The molecule has 1 aromatic carbocycles. The molecule has 1 aromatic heterocycles. The van der Waals surface area contributed by atoms with Crippen molar-refractivity contribution in [3.05, 3.63) is 35.7 Å². The maximum absolute atomic E-state index is 5.64. The molecule has 0 bridgehead atoms. The van der Waals surface area contributed by atoms with Crippen LogP contribution in [0.5, 0.6) is 0 Å². The van der Waals surface area contributed by atoms with Gasteiger partial charge in [-0.15, -0.1) is 10.2 Å². The van der Waals surface area contributed by atoms with Crippen molar-refractivity contribution in [3.8, 4) is 11.5 Å². The summed E-state index contributed by atoms with van der Waals surface area (Å²) in [5.74, 6) is 1.17. The van der Waals surface area contributed by atoms with Crippen molar-refractivity contribution in [1.82, 2.24) is 10.2 Å². The normalized spacial score (nSPS) is 11.8. The molecule has 2 rings (SSSR count). The van der Waals surface area contributed by atoms with E-state index in [1.165, 1.54) is 5.56 Å². The standard InChI is InChI=1S/C14H19N3O/c1-14(2,3)11-7-5-4-6-10(11)13-17-16-12(18-13)8-9-15/h4-7H,8-9,15H2,1-3H3. The Morgan fingerprint density at radius 3 is 2.56 bits per heavy atom. The maximum Gasteiger partial charge on any atom is 0.248 e. The number of nitrogens with zero attached hydrogens (tertiary/aromatic N) is 2. The van der Waals surface area contributed by atoms with Crippen molar-refractivity contribution < 1.29 is 4.42 Å². The van der Waals surface area contributed by atoms with E-state index in [4.69, 9.17) is 10.2 Å². The van der Waals surface area contributed by atoms with Crippen molar-refractivity contribution in [2.45, 2.75) is 32.6 Å². The highest BCUT2D eigenvalue weighted by molar-refractivity contribution is 5.60. The van der Waals surface area contributed by atoms with Gasteiger partial charge in [0.05, 0.1) is 0 Å². The molecule has 0 fully saturated rings. The summed E-state index contributed by atoms with van der Waals surface area (Å²) in [6, 6.07) is 8.13. The van der Waals surface area contributed by atoms with E-state index in [1.54, 1.807) is 0 Å². The topological polar surface area (TPSA) is 64.9 Å². The summed E-state index contributed by atoms with van der Waals surface area (Å²) in [6.45, 7) is 7.03. The van der Waals surface area contributed by atoms with Crippen LogP contribution in [0.15, 0.2) is 28.7 Å². The monoisotopic (exact) mass is 245 g/mol. The molecule has 0 amide bonds. The van der Waals surface area contributed by atoms with Crippen LogP contribution in [0, 0.1) is 0 Å². The fraction of sp³-hybridized carbons (Fsp3) is 0.429. The predicted octanol–water partition coefficient (Wildman–Crippen LogP) is 2.54. The number of hydrogen-bond acceptors (Lipinski definition) is 4. The van der Waals surface area contributed by atoms with E-state index in [1.807, 2.05) is 18.2 Å². The largest absolute Gasteiger partial charge is 0.421 e. The highest BCUT2D eigenvalue weighted by Gasteiger charge is 2.21. The number of aromatic nitrogens is 2. The minimum atomic E-state index is 0.0408. The molecule has 0 aliphatic carbocycles. The van der Waals surface area contributed by atoms with E-state index in [0.717, 1.165) is 5.56 Å². The van der Waals surface area contributed by atoms with Gasteiger partial charge in [0.1, 0.15) is 0 Å². The van der Waals surface area contributed by atoms with Crippen molar-refractivity contribution in [2.75, 3.05) is 6.54 Å². The average molecular weight is 245 g/mol. The van der Waals surface area contributed by atoms with Crippen molar-refractivity contribution in [1.29, 1.82) is 0 Å². The highest BCUT2D eigenvalue weighted by atomic mass is 16.4. The van der Waals surface area contributed by atoms with Gasteiger partial charge in [-0.3, -0.25) is 0 Å². The lowest BCUT2D eigenvalue weighted by Crippen LogP contribution is -2.12. The molecule has 0 saturated heterocycles. The first-order chi connectivity index (χ1) is 8.52. The Bertz CT molecular complexity index is 526. The Morgan fingerprint density at radius 2 is 1.89 bits per heavy atom. The lowest BCUT2D eigenvalue weighted by Gasteiger charge is -2.21. The third-order valence-corrected chi connectivity index (χ3v) is 2.79. The summed E-state index contributed by atoms with van der Waals surface area (Å²) in [5.41, 5.74) is 7.72. The van der Waals surface area contributed by atoms with E-state index in [2.05, 4.69) is 37.0 Å². The van der Waals surface area contributed by atoms with E-state index in [-0.39, 0.29) is 5.41 Å². The number of hydrogen-bond donors (Lipinski definition) is 1. The second kappa shape index (κ2) is 4.90. The lowest BCUT2D eigenvalue weighted by molar-refractivity contribution is 0.504. The van der Waals surface area contributed by atoms with Gasteiger partial charge < -0.3 is 10.2 Å². The Morgan fingerprint density at radius 1 is 1.17 bits per heavy atom. The van der Waals surface area contributed by atoms with Crippen LogP contribution in [-0.2, 0) is 11.8 Å². The zero-order valence-corrected chi connectivity index (χ0v) is 11.1. The van der Waals surface area contributed by atoms with E-state index < -0.39 is 0 Å². The first kappa shape index (κ1) is 12.8. The lowest BCUT2D eigenvalue weighted by atomic mass is 9.84. The summed E-state index contributed by atoms with van der Waals surface area (Å²) >= 11 is 0. The molecule has 2 aromatic rings. The van der Waals surface area contributed by atoms with Gasteiger partial charge in [0.15, 0.2) is 0 Å². The fourth-order valence-electron chi connectivity index (χ4n) is 1.91. The van der Waals surface area contributed by atoms with Gasteiger partial charge in [-0.1, -0.05) is 39.0 Å². The van der Waals surface area contributed by atoms with Crippen molar-refractivity contribution >= 4 is 0 Å². The Hall–Kier alpha value is -1.68. The SMILES string of the molecule is CC(C)(C)c1ccccc1-c1nnc(CCN)o1. The molecule has 0 spiro atoms. The first-order valence-electron chi connectivity index (χ1n) is 6.14. The van der Waals surface area contributed by atoms with E-state index in [9.17, 15) is 0 Å². The molecule has 0 radical (unpaired) electrons. The fourth-order valence-corrected chi connectivity index (χ4v) is 1.91. The van der Waals surface area contributed by atoms with E-state index >= 15 is 0 Å². The van der Waals surface area contributed by atoms with Gasteiger partial charge in [-0.05, 0) is 17.0 Å². The van der Waals surface area contributed by atoms with Crippen LogP contribution in [0.3, 0.4) is 0 Å². The second-order valence-electron chi connectivity index (χ2n) is 5.34. The summed E-state index contributed by atoms with van der Waals surface area (Å²) in [5, 5.41) is 8.12. The molecular formula is C14H19N3O. The van der Waals surface area contributed by atoms with Crippen LogP contribution < -0.4 is 5.73 Å². The van der Waals surface area contributed by atoms with E-state index in [0.29, 0.717) is 24.7 Å². The molecule has 96 valence electrons. The molecule has 18 heavy (non-hydrogen) atoms. The van der Waals surface area contributed by atoms with Gasteiger partial charge >= 0.3 is 0 Å². The van der Waals surface area contributed by atoms with Crippen molar-refractivity contribution in [2.24, 2.45) is 5.73 Å². The minimum Gasteiger partial charge on any atom is -0.421 e. The van der Waals surface area contributed by atoms with Crippen LogP contribution in [0.2, 0.25) is 0 Å². The molecule has 0 unspecified atom stereocenters. The molecule has 0 aliphatic rings. The summed E-state index contributed by atoms with van der Waals surface area (Å²) in [6.07, 6.45) is 0.616. The van der Waals surface area contributed by atoms with Gasteiger partial charge in [0.2, 0.25) is 11.8 Å². The molecule has 4 heteroatoms. The molecular weight excluding hydrogens is 226 g/mol. The molecule has 2 N–H and O–H groups in total. The minimum absolute atomic E-state index is 0.0408. The first-order valence-corrected chi connectivity index (χ1v) is 6.14. The van der Waals surface area contributed by atoms with Crippen LogP contribution >= 0.6 is 0 Å². The Labute approximate surface area is 107 Å². The van der Waals surface area contributed by atoms with Crippen molar-refractivity contribution in [3.63, 3.8) is 0 Å². The number of rotatable bonds is 3. The van der Waals surface area contributed by atoms with Crippen LogP contribution in [0.1, 0.15) is 32.2 Å². The van der Waals surface area contributed by atoms with Gasteiger partial charge in [0.25, 0.3) is 0 Å². The van der Waals surface area contributed by atoms with Gasteiger partial charge in [-0.25, -0.2) is 0 Å². The zero-order valence-electron chi connectivity index (χ0n) is 11.1. The quantitative estimate of drug-likeness (QED) is 0.902. The maximum atomic E-state index is 5.64. The smallest absolute Gasteiger partial charge is 0.248 e. The predicted molar refractivity (Wildman–Crippen MR) is 71.2 cm³/mol. The third kappa shape index (κ3) is 2.59. The molecule has 0 aliphatic heterocycles. The van der Waals surface area contributed by atoms with Gasteiger partial charge in [-0.2, -0.15) is 0 Å². The third-order valence-electron chi connectivity index (χ3n) is 2.79. The molecule has 0 atom stereocenters. The second-order valence-corrected chi connectivity index (χ2v) is 5.34. The summed E-state index contributed by atoms with van der Waals surface area (Å²) in [4.78, 5) is 0. The van der Waals surface area contributed by atoms with Crippen LogP contribution in [0.25, 0.3) is 11.5 Å². The summed E-state index contributed by atoms with van der Waals surface area (Å²) < 4.78 is 5.64. The molecule has 0 saturated carbocycles.